The van der Waals surface area contributed by atoms with Gasteiger partial charge in [-0.3, -0.25) is 4.90 Å². The molecule has 0 rings (SSSR count). The van der Waals surface area contributed by atoms with Crippen molar-refractivity contribution in [3.63, 3.8) is 0 Å². The molecule has 66 valence electrons. The summed E-state index contributed by atoms with van der Waals surface area (Å²) in [5.41, 5.74) is 1.34. The van der Waals surface area contributed by atoms with Crippen LogP contribution in [-0.2, 0) is 0 Å². The smallest absolute Gasteiger partial charge is 0.305 e. The first-order valence-electron chi connectivity index (χ1n) is 3.97. The first-order chi connectivity index (χ1) is 5.16. The predicted octanol–water partition coefficient (Wildman–Crippen LogP) is -1.73. The van der Waals surface area contributed by atoms with E-state index in [-0.39, 0.29) is 18.9 Å². The number of nitrogens with zero attached hydrogens (tertiary/aromatic N) is 1. The predicted molar refractivity (Wildman–Crippen MR) is 50.3 cm³/mol. The Bertz CT molecular complexity index is 122. The summed E-state index contributed by atoms with van der Waals surface area (Å²) >= 11 is 0. The van der Waals surface area contributed by atoms with Gasteiger partial charge in [0.15, 0.2) is 0 Å². The van der Waals surface area contributed by atoms with Crippen LogP contribution >= 0.6 is 0 Å². The molecule has 0 aromatic heterocycles. The van der Waals surface area contributed by atoms with Crippen molar-refractivity contribution in [2.45, 2.75) is 13.3 Å². The van der Waals surface area contributed by atoms with Crippen molar-refractivity contribution in [3.05, 3.63) is 18.6 Å². The number of allylic oxidation sites excluding steroid dienone is 1. The largest absolute Gasteiger partial charge is 1.00 e. The standard InChI is InChI=1S/C9H19N2.Li/c1-5-9(2)6-7-10-8-11(3)4;/h5,10H,1,6-8H2,2-4H3;/q-1;+1/b9-5+;. The van der Waals surface area contributed by atoms with E-state index in [1.807, 2.05) is 6.08 Å². The molecule has 3 heteroatoms. The molecule has 0 aliphatic carbocycles. The number of hydrogen-bond acceptors (Lipinski definition) is 2. The molecule has 1 N–H and O–H groups in total. The molecule has 0 unspecified atom stereocenters. The molecular formula is C9H19LiN2. The van der Waals surface area contributed by atoms with Gasteiger partial charge in [0.1, 0.15) is 0 Å². The Morgan fingerprint density at radius 3 is 2.50 bits per heavy atom. The van der Waals surface area contributed by atoms with Crippen LogP contribution in [-0.4, -0.2) is 32.2 Å². The van der Waals surface area contributed by atoms with Gasteiger partial charge in [0.2, 0.25) is 0 Å². The molecule has 0 saturated carbocycles. The Balaban J connectivity index is 0. The van der Waals surface area contributed by atoms with Crippen molar-refractivity contribution < 1.29 is 18.9 Å². The van der Waals surface area contributed by atoms with E-state index in [1.54, 1.807) is 0 Å². The molecule has 0 radical (unpaired) electrons. The van der Waals surface area contributed by atoms with Gasteiger partial charge in [-0.25, -0.2) is 18.6 Å². The van der Waals surface area contributed by atoms with E-state index >= 15 is 0 Å². The van der Waals surface area contributed by atoms with Gasteiger partial charge in [-0.05, 0) is 20.6 Å². The van der Waals surface area contributed by atoms with E-state index < -0.39 is 0 Å². The third-order valence-electron chi connectivity index (χ3n) is 1.47. The van der Waals surface area contributed by atoms with E-state index in [0.29, 0.717) is 0 Å². The molecule has 0 atom stereocenters. The van der Waals surface area contributed by atoms with Gasteiger partial charge < -0.3 is 5.32 Å². The van der Waals surface area contributed by atoms with E-state index in [4.69, 9.17) is 0 Å². The van der Waals surface area contributed by atoms with Crippen molar-refractivity contribution in [3.8, 4) is 0 Å². The quantitative estimate of drug-likeness (QED) is 0.224. The maximum absolute atomic E-state index is 3.70. The summed E-state index contributed by atoms with van der Waals surface area (Å²) in [4.78, 5) is 2.11. The van der Waals surface area contributed by atoms with Crippen molar-refractivity contribution in [1.29, 1.82) is 0 Å². The summed E-state index contributed by atoms with van der Waals surface area (Å²) in [5, 5.41) is 3.31. The first-order valence-corrected chi connectivity index (χ1v) is 3.97. The zero-order valence-corrected chi connectivity index (χ0v) is 8.85. The zero-order valence-electron chi connectivity index (χ0n) is 8.85. The van der Waals surface area contributed by atoms with Gasteiger partial charge in [-0.15, -0.1) is 6.92 Å². The molecule has 12 heavy (non-hydrogen) atoms. The summed E-state index contributed by atoms with van der Waals surface area (Å²) in [7, 11) is 4.11. The van der Waals surface area contributed by atoms with Gasteiger partial charge in [-0.1, -0.05) is 6.42 Å². The van der Waals surface area contributed by atoms with E-state index in [1.165, 1.54) is 5.57 Å². The molecule has 0 aliphatic heterocycles. The van der Waals surface area contributed by atoms with Crippen LogP contribution in [0.2, 0.25) is 0 Å². The molecule has 0 saturated heterocycles. The van der Waals surface area contributed by atoms with Crippen LogP contribution in [0, 0.1) is 6.92 Å². The summed E-state index contributed by atoms with van der Waals surface area (Å²) in [5.74, 6) is 0. The second kappa shape index (κ2) is 9.22. The molecule has 0 aromatic rings. The van der Waals surface area contributed by atoms with E-state index in [0.717, 1.165) is 19.6 Å². The van der Waals surface area contributed by atoms with Crippen molar-refractivity contribution in [2.75, 3.05) is 27.3 Å². The Labute approximate surface area is 88.6 Å². The molecule has 0 aliphatic rings. The summed E-state index contributed by atoms with van der Waals surface area (Å²) in [6, 6.07) is 0. The zero-order chi connectivity index (χ0) is 8.69. The van der Waals surface area contributed by atoms with Crippen LogP contribution in [0.25, 0.3) is 0 Å². The van der Waals surface area contributed by atoms with Crippen LogP contribution in [0.1, 0.15) is 13.3 Å². The summed E-state index contributed by atoms with van der Waals surface area (Å²) in [6.45, 7) is 7.79. The summed E-state index contributed by atoms with van der Waals surface area (Å²) < 4.78 is 0. The van der Waals surface area contributed by atoms with Crippen LogP contribution in [0.15, 0.2) is 11.6 Å². The normalized spacial score (nSPS) is 11.5. The maximum Gasteiger partial charge on any atom is 1.00 e. The Morgan fingerprint density at radius 2 is 2.08 bits per heavy atom. The molecule has 2 nitrogen and oxygen atoms in total. The Kier molecular flexibility index (Phi) is 11.2. The number of nitrogens with one attached hydrogen (secondary N) is 1. The number of rotatable bonds is 5. The van der Waals surface area contributed by atoms with Crippen LogP contribution in [0.3, 0.4) is 0 Å². The van der Waals surface area contributed by atoms with Gasteiger partial charge in [0, 0.05) is 6.67 Å². The maximum atomic E-state index is 3.70. The van der Waals surface area contributed by atoms with Crippen LogP contribution < -0.4 is 24.2 Å². The average molecular weight is 162 g/mol. The third kappa shape index (κ3) is 10.1. The molecule has 0 spiro atoms. The van der Waals surface area contributed by atoms with Crippen molar-refractivity contribution in [2.24, 2.45) is 0 Å². The average Bonchev–Trinajstić information content (AvgIpc) is 1.97. The van der Waals surface area contributed by atoms with Gasteiger partial charge in [-0.2, -0.15) is 0 Å². The summed E-state index contributed by atoms with van der Waals surface area (Å²) in [6.07, 6.45) is 3.01. The Hall–Kier alpha value is 0.127. The number of hydrogen-bond donors (Lipinski definition) is 1. The van der Waals surface area contributed by atoms with Crippen molar-refractivity contribution in [1.82, 2.24) is 10.2 Å². The minimum Gasteiger partial charge on any atom is -0.305 e. The first kappa shape index (κ1) is 14.6. The fraction of sp³-hybridized carbons (Fsp3) is 0.667. The third-order valence-corrected chi connectivity index (χ3v) is 1.47. The molecule has 0 amide bonds. The second-order valence-electron chi connectivity index (χ2n) is 3.04. The van der Waals surface area contributed by atoms with Gasteiger partial charge in [0.05, 0.1) is 0 Å². The van der Waals surface area contributed by atoms with Crippen molar-refractivity contribution >= 4 is 0 Å². The fourth-order valence-corrected chi connectivity index (χ4v) is 0.690. The minimum absolute atomic E-state index is 0. The van der Waals surface area contributed by atoms with E-state index in [9.17, 15) is 0 Å². The van der Waals surface area contributed by atoms with Gasteiger partial charge >= 0.3 is 18.9 Å². The molecule has 0 aromatic carbocycles. The second-order valence-corrected chi connectivity index (χ2v) is 3.04. The van der Waals surface area contributed by atoms with Crippen LogP contribution in [0.4, 0.5) is 0 Å². The minimum atomic E-state index is 0. The van der Waals surface area contributed by atoms with E-state index in [2.05, 4.69) is 38.2 Å². The Morgan fingerprint density at radius 1 is 1.50 bits per heavy atom. The topological polar surface area (TPSA) is 15.3 Å². The fourth-order valence-electron chi connectivity index (χ4n) is 0.690. The SMILES string of the molecule is [CH2-]/C=C(\C)CCNCN(C)C.[Li+]. The van der Waals surface area contributed by atoms with Gasteiger partial charge in [0.25, 0.3) is 0 Å². The molecule has 0 bridgehead atoms. The molecule has 0 fully saturated rings. The molecule has 0 heterocycles. The van der Waals surface area contributed by atoms with Crippen LogP contribution in [0.5, 0.6) is 0 Å². The monoisotopic (exact) mass is 162 g/mol. The molecular weight excluding hydrogens is 143 g/mol.